The fourth-order valence-corrected chi connectivity index (χ4v) is 3.17. The highest BCUT2D eigenvalue weighted by atomic mass is 79.9. The van der Waals surface area contributed by atoms with Crippen LogP contribution in [0, 0.1) is 0 Å². The molecule has 0 aliphatic carbocycles. The van der Waals surface area contributed by atoms with Crippen LogP contribution < -0.4 is 10.6 Å². The zero-order valence-electron chi connectivity index (χ0n) is 13.0. The summed E-state index contributed by atoms with van der Waals surface area (Å²) in [6.45, 7) is 5.72. The molecule has 124 valence electrons. The molecule has 2 N–H and O–H groups in total. The minimum Gasteiger partial charge on any atom is -0.324 e. The van der Waals surface area contributed by atoms with Gasteiger partial charge in [-0.3, -0.25) is 9.69 Å². The fourth-order valence-electron chi connectivity index (χ4n) is 2.79. The van der Waals surface area contributed by atoms with Crippen LogP contribution in [0.5, 0.6) is 0 Å². The molecule has 0 atom stereocenters. The molecule has 22 heavy (non-hydrogen) atoms. The minimum absolute atomic E-state index is 0. The third-order valence-corrected chi connectivity index (χ3v) is 4.52. The van der Waals surface area contributed by atoms with Gasteiger partial charge in [0.1, 0.15) is 0 Å². The lowest BCUT2D eigenvalue weighted by atomic mass is 10.0. The standard InChI is InChI=1S/C16H24BrN3O.ClH/c1-2-11-20(13-7-9-18-10-8-13)12-16(21)19-15-6-4-3-5-14(15)17;/h3-6,13,18H,2,7-12H2,1H3,(H,19,21);1H. The van der Waals surface area contributed by atoms with Crippen molar-refractivity contribution < 1.29 is 4.79 Å². The van der Waals surface area contributed by atoms with E-state index in [0.29, 0.717) is 12.6 Å². The van der Waals surface area contributed by atoms with Gasteiger partial charge in [0.2, 0.25) is 5.91 Å². The van der Waals surface area contributed by atoms with E-state index < -0.39 is 0 Å². The summed E-state index contributed by atoms with van der Waals surface area (Å²) in [5, 5.41) is 6.37. The van der Waals surface area contributed by atoms with Crippen molar-refractivity contribution in [2.24, 2.45) is 0 Å². The largest absolute Gasteiger partial charge is 0.324 e. The Labute approximate surface area is 147 Å². The van der Waals surface area contributed by atoms with Crippen molar-refractivity contribution in [3.63, 3.8) is 0 Å². The monoisotopic (exact) mass is 389 g/mol. The number of hydrogen-bond donors (Lipinski definition) is 2. The Morgan fingerprint density at radius 3 is 2.68 bits per heavy atom. The molecule has 0 aromatic heterocycles. The van der Waals surface area contributed by atoms with Crippen molar-refractivity contribution in [3.8, 4) is 0 Å². The number of carbonyl (C=O) groups is 1. The van der Waals surface area contributed by atoms with Crippen LogP contribution in [0.25, 0.3) is 0 Å². The second kappa shape index (κ2) is 10.2. The Bertz CT molecular complexity index is 466. The third kappa shape index (κ3) is 5.88. The summed E-state index contributed by atoms with van der Waals surface area (Å²) in [5.74, 6) is 0.0638. The molecule has 1 aromatic carbocycles. The van der Waals surface area contributed by atoms with Crippen LogP contribution >= 0.6 is 28.3 Å². The molecule has 0 saturated carbocycles. The van der Waals surface area contributed by atoms with E-state index in [-0.39, 0.29) is 18.3 Å². The summed E-state index contributed by atoms with van der Waals surface area (Å²) in [7, 11) is 0. The number of halogens is 2. The number of rotatable bonds is 6. The zero-order chi connectivity index (χ0) is 15.1. The van der Waals surface area contributed by atoms with Gasteiger partial charge in [-0.05, 0) is 67.0 Å². The van der Waals surface area contributed by atoms with E-state index in [1.165, 1.54) is 0 Å². The summed E-state index contributed by atoms with van der Waals surface area (Å²) in [6, 6.07) is 8.24. The van der Waals surface area contributed by atoms with Gasteiger partial charge in [-0.15, -0.1) is 12.4 Å². The Kier molecular flexibility index (Phi) is 9.02. The van der Waals surface area contributed by atoms with E-state index in [1.807, 2.05) is 24.3 Å². The average Bonchev–Trinajstić information content (AvgIpc) is 2.50. The molecule has 1 amide bonds. The molecular weight excluding hydrogens is 366 g/mol. The lowest BCUT2D eigenvalue weighted by Crippen LogP contribution is -2.46. The van der Waals surface area contributed by atoms with Gasteiger partial charge in [-0.1, -0.05) is 19.1 Å². The number of carbonyl (C=O) groups excluding carboxylic acids is 1. The van der Waals surface area contributed by atoms with Gasteiger partial charge in [0.15, 0.2) is 0 Å². The fraction of sp³-hybridized carbons (Fsp3) is 0.562. The second-order valence-electron chi connectivity index (χ2n) is 5.48. The predicted octanol–water partition coefficient (Wildman–Crippen LogP) is 3.27. The maximum absolute atomic E-state index is 12.3. The average molecular weight is 391 g/mol. The van der Waals surface area contributed by atoms with E-state index in [2.05, 4.69) is 38.4 Å². The van der Waals surface area contributed by atoms with E-state index in [0.717, 1.165) is 49.1 Å². The Balaban J connectivity index is 0.00000242. The van der Waals surface area contributed by atoms with E-state index in [1.54, 1.807) is 0 Å². The van der Waals surface area contributed by atoms with Gasteiger partial charge in [0.05, 0.1) is 12.2 Å². The molecule has 0 spiro atoms. The maximum Gasteiger partial charge on any atom is 0.238 e. The van der Waals surface area contributed by atoms with Gasteiger partial charge in [-0.2, -0.15) is 0 Å². The SMILES string of the molecule is CCCN(CC(=O)Nc1ccccc1Br)C1CCNCC1.Cl. The second-order valence-corrected chi connectivity index (χ2v) is 6.33. The molecule has 1 aromatic rings. The van der Waals surface area contributed by atoms with Gasteiger partial charge in [0, 0.05) is 10.5 Å². The number of nitrogens with one attached hydrogen (secondary N) is 2. The molecule has 4 nitrogen and oxygen atoms in total. The highest BCUT2D eigenvalue weighted by Crippen LogP contribution is 2.21. The first-order valence-corrected chi connectivity index (χ1v) is 8.49. The van der Waals surface area contributed by atoms with Crippen LogP contribution in [0.2, 0.25) is 0 Å². The van der Waals surface area contributed by atoms with Crippen molar-refractivity contribution in [2.75, 3.05) is 31.5 Å². The van der Waals surface area contributed by atoms with Crippen LogP contribution in [0.15, 0.2) is 28.7 Å². The summed E-state index contributed by atoms with van der Waals surface area (Å²) in [4.78, 5) is 14.6. The smallest absolute Gasteiger partial charge is 0.238 e. The van der Waals surface area contributed by atoms with Crippen LogP contribution in [0.3, 0.4) is 0 Å². The van der Waals surface area contributed by atoms with E-state index in [9.17, 15) is 4.79 Å². The van der Waals surface area contributed by atoms with Crippen molar-refractivity contribution >= 4 is 39.9 Å². The van der Waals surface area contributed by atoms with Crippen LogP contribution in [0.4, 0.5) is 5.69 Å². The number of piperidine rings is 1. The summed E-state index contributed by atoms with van der Waals surface area (Å²) < 4.78 is 0.919. The first kappa shape index (κ1) is 19.4. The number of para-hydroxylation sites is 1. The van der Waals surface area contributed by atoms with Gasteiger partial charge >= 0.3 is 0 Å². The molecule has 1 fully saturated rings. The molecule has 6 heteroatoms. The third-order valence-electron chi connectivity index (χ3n) is 3.83. The Hall–Kier alpha value is -0.620. The molecule has 2 rings (SSSR count). The highest BCUT2D eigenvalue weighted by molar-refractivity contribution is 9.10. The van der Waals surface area contributed by atoms with Gasteiger partial charge in [0.25, 0.3) is 0 Å². The van der Waals surface area contributed by atoms with Crippen molar-refractivity contribution in [1.29, 1.82) is 0 Å². The molecule has 1 aliphatic heterocycles. The van der Waals surface area contributed by atoms with Crippen molar-refractivity contribution in [2.45, 2.75) is 32.2 Å². The molecule has 0 unspecified atom stereocenters. The number of benzene rings is 1. The number of amides is 1. The molecular formula is C16H25BrClN3O. The lowest BCUT2D eigenvalue weighted by molar-refractivity contribution is -0.118. The molecule has 0 bridgehead atoms. The molecule has 1 aliphatic rings. The quantitative estimate of drug-likeness (QED) is 0.783. The predicted molar refractivity (Wildman–Crippen MR) is 97.8 cm³/mol. The zero-order valence-corrected chi connectivity index (χ0v) is 15.4. The maximum atomic E-state index is 12.3. The minimum atomic E-state index is 0. The topological polar surface area (TPSA) is 44.4 Å². The highest BCUT2D eigenvalue weighted by Gasteiger charge is 2.22. The summed E-state index contributed by atoms with van der Waals surface area (Å²) in [6.07, 6.45) is 3.33. The van der Waals surface area contributed by atoms with E-state index in [4.69, 9.17) is 0 Å². The van der Waals surface area contributed by atoms with Crippen LogP contribution in [0.1, 0.15) is 26.2 Å². The van der Waals surface area contributed by atoms with Crippen molar-refractivity contribution in [1.82, 2.24) is 10.2 Å². The molecule has 0 radical (unpaired) electrons. The summed E-state index contributed by atoms with van der Waals surface area (Å²) in [5.41, 5.74) is 0.837. The first-order chi connectivity index (χ1) is 10.2. The number of nitrogens with zero attached hydrogens (tertiary/aromatic N) is 1. The molecule has 1 heterocycles. The normalized spacial score (nSPS) is 15.4. The van der Waals surface area contributed by atoms with Crippen molar-refractivity contribution in [3.05, 3.63) is 28.7 Å². The first-order valence-electron chi connectivity index (χ1n) is 7.70. The number of anilines is 1. The Morgan fingerprint density at radius 1 is 1.36 bits per heavy atom. The van der Waals surface area contributed by atoms with Gasteiger partial charge < -0.3 is 10.6 Å². The number of hydrogen-bond acceptors (Lipinski definition) is 3. The van der Waals surface area contributed by atoms with E-state index >= 15 is 0 Å². The lowest BCUT2D eigenvalue weighted by Gasteiger charge is -2.34. The summed E-state index contributed by atoms with van der Waals surface area (Å²) >= 11 is 3.46. The van der Waals surface area contributed by atoms with Crippen LogP contribution in [-0.4, -0.2) is 43.0 Å². The van der Waals surface area contributed by atoms with Crippen LogP contribution in [-0.2, 0) is 4.79 Å². The van der Waals surface area contributed by atoms with Gasteiger partial charge in [-0.25, -0.2) is 0 Å². The Morgan fingerprint density at radius 2 is 2.05 bits per heavy atom. The molecule has 1 saturated heterocycles.